The van der Waals surface area contributed by atoms with Gasteiger partial charge < -0.3 is 9.64 Å². The fourth-order valence-corrected chi connectivity index (χ4v) is 2.50. The summed E-state index contributed by atoms with van der Waals surface area (Å²) in [6.07, 6.45) is 5.55. The number of ether oxygens (including phenoxy) is 1. The van der Waals surface area contributed by atoms with Crippen LogP contribution in [0.15, 0.2) is 28.7 Å². The maximum atomic E-state index is 12.2. The number of halogens is 1. The van der Waals surface area contributed by atoms with Crippen LogP contribution in [0.2, 0.25) is 0 Å². The number of rotatable bonds is 9. The average molecular weight is 370 g/mol. The Morgan fingerprint density at radius 1 is 1.14 bits per heavy atom. The van der Waals surface area contributed by atoms with Crippen LogP contribution in [0.3, 0.4) is 0 Å². The maximum absolute atomic E-state index is 12.2. The quantitative estimate of drug-likeness (QED) is 0.487. The van der Waals surface area contributed by atoms with Crippen LogP contribution in [0.5, 0.6) is 0 Å². The van der Waals surface area contributed by atoms with Crippen molar-refractivity contribution in [2.75, 3.05) is 20.2 Å². The zero-order valence-electron chi connectivity index (χ0n) is 13.3. The van der Waals surface area contributed by atoms with Crippen molar-refractivity contribution in [1.82, 2.24) is 4.90 Å². The van der Waals surface area contributed by atoms with Crippen molar-refractivity contribution in [2.45, 2.75) is 39.0 Å². The second-order valence-electron chi connectivity index (χ2n) is 5.28. The molecular weight excluding hydrogens is 346 g/mol. The highest BCUT2D eigenvalue weighted by Gasteiger charge is 2.17. The molecule has 5 heteroatoms. The van der Waals surface area contributed by atoms with E-state index in [0.717, 1.165) is 17.3 Å². The van der Waals surface area contributed by atoms with Gasteiger partial charge in [0.2, 0.25) is 0 Å². The average Bonchev–Trinajstić information content (AvgIpc) is 2.50. The number of hydrogen-bond acceptors (Lipinski definition) is 3. The summed E-state index contributed by atoms with van der Waals surface area (Å²) in [6, 6.07) is 7.16. The molecule has 0 spiro atoms. The first-order valence-corrected chi connectivity index (χ1v) is 8.51. The smallest absolute Gasteiger partial charge is 0.325 e. The molecule has 0 saturated carbocycles. The van der Waals surface area contributed by atoms with E-state index in [9.17, 15) is 9.59 Å². The Labute approximate surface area is 141 Å². The number of unbranched alkanes of at least 4 members (excludes halogenated alkanes) is 4. The molecule has 22 heavy (non-hydrogen) atoms. The summed E-state index contributed by atoms with van der Waals surface area (Å²) in [5.41, 5.74) is 0.539. The Morgan fingerprint density at radius 3 is 2.50 bits per heavy atom. The van der Waals surface area contributed by atoms with Crippen LogP contribution in [0, 0.1) is 0 Å². The molecule has 0 unspecified atom stereocenters. The molecule has 0 N–H and O–H groups in total. The van der Waals surface area contributed by atoms with Crippen molar-refractivity contribution in [2.24, 2.45) is 0 Å². The first-order chi connectivity index (χ1) is 10.6. The monoisotopic (exact) mass is 369 g/mol. The topological polar surface area (TPSA) is 46.6 Å². The molecule has 1 aromatic carbocycles. The molecule has 0 aliphatic rings. The molecule has 122 valence electrons. The number of esters is 1. The van der Waals surface area contributed by atoms with E-state index in [4.69, 9.17) is 4.74 Å². The highest BCUT2D eigenvalue weighted by molar-refractivity contribution is 9.10. The summed E-state index contributed by atoms with van der Waals surface area (Å²) < 4.78 is 5.88. The normalized spacial score (nSPS) is 10.3. The number of nitrogens with zero attached hydrogens (tertiary/aromatic N) is 1. The van der Waals surface area contributed by atoms with Gasteiger partial charge in [-0.2, -0.15) is 0 Å². The molecule has 1 rings (SSSR count). The molecule has 0 aliphatic heterocycles. The molecule has 0 aromatic heterocycles. The minimum absolute atomic E-state index is 0.0326. The van der Waals surface area contributed by atoms with E-state index in [-0.39, 0.29) is 18.4 Å². The van der Waals surface area contributed by atoms with Gasteiger partial charge >= 0.3 is 5.97 Å². The number of carbonyl (C=O) groups is 2. The van der Waals surface area contributed by atoms with Gasteiger partial charge in [0, 0.05) is 11.5 Å². The van der Waals surface area contributed by atoms with Gasteiger partial charge in [0.15, 0.2) is 0 Å². The second-order valence-corrected chi connectivity index (χ2v) is 6.13. The van der Waals surface area contributed by atoms with Crippen LogP contribution >= 0.6 is 15.9 Å². The summed E-state index contributed by atoms with van der Waals surface area (Å²) >= 11 is 3.34. The highest BCUT2D eigenvalue weighted by atomic mass is 79.9. The number of likely N-dealkylation sites (N-methyl/N-ethyl adjacent to an activating group) is 1. The zero-order chi connectivity index (χ0) is 16.4. The van der Waals surface area contributed by atoms with Gasteiger partial charge in [-0.05, 0) is 34.5 Å². The van der Waals surface area contributed by atoms with Gasteiger partial charge in [0.05, 0.1) is 12.2 Å². The molecule has 1 amide bonds. The number of hydrogen-bond donors (Lipinski definition) is 0. The molecule has 1 aromatic rings. The first-order valence-electron chi connectivity index (χ1n) is 7.72. The van der Waals surface area contributed by atoms with Gasteiger partial charge in [-0.25, -0.2) is 0 Å². The van der Waals surface area contributed by atoms with Crippen molar-refractivity contribution in [1.29, 1.82) is 0 Å². The largest absolute Gasteiger partial charge is 0.464 e. The molecule has 0 saturated heterocycles. The molecular formula is C17H24BrNO3. The van der Waals surface area contributed by atoms with Gasteiger partial charge in [-0.15, -0.1) is 0 Å². The molecule has 0 aliphatic carbocycles. The van der Waals surface area contributed by atoms with E-state index < -0.39 is 0 Å². The SMILES string of the molecule is CCCCCCCOC(=O)CN(C)C(=O)c1ccccc1Br. The van der Waals surface area contributed by atoms with Gasteiger partial charge in [0.25, 0.3) is 5.91 Å². The minimum Gasteiger partial charge on any atom is -0.464 e. The third-order valence-electron chi connectivity index (χ3n) is 3.33. The van der Waals surface area contributed by atoms with Crippen molar-refractivity contribution in [3.63, 3.8) is 0 Å². The van der Waals surface area contributed by atoms with Crippen LogP contribution in [0.25, 0.3) is 0 Å². The first kappa shape index (κ1) is 18.7. The lowest BCUT2D eigenvalue weighted by Gasteiger charge is -2.17. The molecule has 0 bridgehead atoms. The maximum Gasteiger partial charge on any atom is 0.325 e. The number of carbonyl (C=O) groups excluding carboxylic acids is 2. The zero-order valence-corrected chi connectivity index (χ0v) is 14.9. The van der Waals surface area contributed by atoms with E-state index in [2.05, 4.69) is 22.9 Å². The third-order valence-corrected chi connectivity index (χ3v) is 4.02. The second kappa shape index (κ2) is 10.4. The molecule has 0 radical (unpaired) electrons. The van der Waals surface area contributed by atoms with Crippen molar-refractivity contribution < 1.29 is 14.3 Å². The minimum atomic E-state index is -0.363. The van der Waals surface area contributed by atoms with E-state index in [1.54, 1.807) is 25.2 Å². The Kier molecular flexibility index (Phi) is 8.82. The van der Waals surface area contributed by atoms with Crippen LogP contribution < -0.4 is 0 Å². The van der Waals surface area contributed by atoms with E-state index >= 15 is 0 Å². The fraction of sp³-hybridized carbons (Fsp3) is 0.529. The predicted octanol–water partition coefficient (Wildman–Crippen LogP) is 4.03. The lowest BCUT2D eigenvalue weighted by Crippen LogP contribution is -2.33. The Hall–Kier alpha value is -1.36. The van der Waals surface area contributed by atoms with Gasteiger partial charge in [-0.3, -0.25) is 9.59 Å². The van der Waals surface area contributed by atoms with Crippen LogP contribution in [-0.4, -0.2) is 37.0 Å². The standard InChI is InChI=1S/C17H24BrNO3/c1-3-4-5-6-9-12-22-16(20)13-19(2)17(21)14-10-7-8-11-15(14)18/h7-8,10-11H,3-6,9,12-13H2,1-2H3. The summed E-state index contributed by atoms with van der Waals surface area (Å²) in [5.74, 6) is -0.564. The Morgan fingerprint density at radius 2 is 1.82 bits per heavy atom. The van der Waals surface area contributed by atoms with E-state index in [1.807, 2.05) is 6.07 Å². The molecule has 0 heterocycles. The van der Waals surface area contributed by atoms with Gasteiger partial charge in [0.1, 0.15) is 6.54 Å². The number of benzene rings is 1. The summed E-state index contributed by atoms with van der Waals surface area (Å²) in [6.45, 7) is 2.56. The lowest BCUT2D eigenvalue weighted by molar-refractivity contribution is -0.144. The lowest BCUT2D eigenvalue weighted by atomic mass is 10.2. The van der Waals surface area contributed by atoms with Crippen molar-refractivity contribution in [3.8, 4) is 0 Å². The summed E-state index contributed by atoms with van der Waals surface area (Å²) in [4.78, 5) is 25.3. The number of amides is 1. The van der Waals surface area contributed by atoms with Crippen molar-refractivity contribution >= 4 is 27.8 Å². The van der Waals surface area contributed by atoms with Crippen molar-refractivity contribution in [3.05, 3.63) is 34.3 Å². The summed E-state index contributed by atoms with van der Waals surface area (Å²) in [5, 5.41) is 0. The molecule has 0 atom stereocenters. The fourth-order valence-electron chi connectivity index (χ4n) is 2.04. The summed E-state index contributed by atoms with van der Waals surface area (Å²) in [7, 11) is 1.60. The van der Waals surface area contributed by atoms with Crippen LogP contribution in [0.1, 0.15) is 49.4 Å². The van der Waals surface area contributed by atoms with Crippen LogP contribution in [-0.2, 0) is 9.53 Å². The highest BCUT2D eigenvalue weighted by Crippen LogP contribution is 2.17. The van der Waals surface area contributed by atoms with E-state index in [1.165, 1.54) is 24.2 Å². The molecule has 4 nitrogen and oxygen atoms in total. The van der Waals surface area contributed by atoms with E-state index in [0.29, 0.717) is 12.2 Å². The Balaban J connectivity index is 2.32. The molecule has 0 fully saturated rings. The van der Waals surface area contributed by atoms with Gasteiger partial charge in [-0.1, -0.05) is 44.7 Å². The van der Waals surface area contributed by atoms with Crippen LogP contribution in [0.4, 0.5) is 0 Å². The third kappa shape index (κ3) is 6.60. The predicted molar refractivity (Wildman–Crippen MR) is 90.8 cm³/mol. The Bertz CT molecular complexity index is 491.